The third-order valence-corrected chi connectivity index (χ3v) is 2.40. The first-order valence-corrected chi connectivity index (χ1v) is 5.02. The molecule has 0 saturated carbocycles. The lowest BCUT2D eigenvalue weighted by Gasteiger charge is -2.04. The molecule has 0 radical (unpaired) electrons. The van der Waals surface area contributed by atoms with Crippen LogP contribution in [0.2, 0.25) is 0 Å². The molecule has 0 aliphatic rings. The van der Waals surface area contributed by atoms with Crippen LogP contribution in [0.4, 0.5) is 4.39 Å². The average molecular weight is 257 g/mol. The number of rotatable bonds is 3. The Morgan fingerprint density at radius 2 is 2.29 bits per heavy atom. The normalized spacial score (nSPS) is 12.1. The summed E-state index contributed by atoms with van der Waals surface area (Å²) in [6.45, 7) is 0. The zero-order chi connectivity index (χ0) is 10.6. The van der Waals surface area contributed by atoms with Gasteiger partial charge in [-0.2, -0.15) is 5.26 Å². The van der Waals surface area contributed by atoms with Gasteiger partial charge in [-0.05, 0) is 30.5 Å². The molecule has 0 aromatic heterocycles. The smallest absolute Gasteiger partial charge is 0.127 e. The van der Waals surface area contributed by atoms with Crippen molar-refractivity contribution in [1.29, 1.82) is 5.26 Å². The van der Waals surface area contributed by atoms with Gasteiger partial charge in [0.1, 0.15) is 5.82 Å². The molecule has 1 rings (SSSR count). The Labute approximate surface area is 90.7 Å². The lowest BCUT2D eigenvalue weighted by atomic mass is 10.1. The van der Waals surface area contributed by atoms with Gasteiger partial charge >= 0.3 is 0 Å². The molecule has 74 valence electrons. The lowest BCUT2D eigenvalue weighted by molar-refractivity contribution is 0.598. The molecule has 1 aromatic carbocycles. The molecule has 1 aromatic rings. The van der Waals surface area contributed by atoms with Crippen LogP contribution in [-0.4, -0.2) is 6.04 Å². The molecule has 0 amide bonds. The summed E-state index contributed by atoms with van der Waals surface area (Å²) in [5, 5.41) is 8.45. The predicted molar refractivity (Wildman–Crippen MR) is 56.0 cm³/mol. The monoisotopic (exact) mass is 256 g/mol. The number of nitrogens with two attached hydrogens (primary N) is 1. The molecule has 14 heavy (non-hydrogen) atoms. The molecule has 0 bridgehead atoms. The van der Waals surface area contributed by atoms with Gasteiger partial charge in [-0.15, -0.1) is 0 Å². The van der Waals surface area contributed by atoms with Crippen molar-refractivity contribution in [2.24, 2.45) is 5.73 Å². The maximum absolute atomic E-state index is 13.3. The Balaban J connectivity index is 2.64. The van der Waals surface area contributed by atoms with Gasteiger partial charge in [-0.25, -0.2) is 4.39 Å². The lowest BCUT2D eigenvalue weighted by Crippen LogP contribution is -2.17. The third-order valence-electron chi connectivity index (χ3n) is 1.91. The highest BCUT2D eigenvalue weighted by molar-refractivity contribution is 9.10. The second kappa shape index (κ2) is 5.08. The van der Waals surface area contributed by atoms with Crippen LogP contribution >= 0.6 is 15.9 Å². The van der Waals surface area contributed by atoms with Gasteiger partial charge in [0.2, 0.25) is 0 Å². The number of benzene rings is 1. The van der Waals surface area contributed by atoms with E-state index in [1.165, 1.54) is 6.07 Å². The zero-order valence-electron chi connectivity index (χ0n) is 7.50. The quantitative estimate of drug-likeness (QED) is 0.903. The van der Waals surface area contributed by atoms with Crippen molar-refractivity contribution in [3.05, 3.63) is 34.1 Å². The Bertz CT molecular complexity index is 360. The van der Waals surface area contributed by atoms with Crippen LogP contribution in [0.3, 0.4) is 0 Å². The number of aryl methyl sites for hydroxylation is 1. The standard InChI is InChI=1S/C10H10BrFN2/c11-8-3-1-7(10(12)5-8)2-4-9(14)6-13/h1,3,5,9H,2,4,14H2. The molecular formula is C10H10BrFN2. The van der Waals surface area contributed by atoms with Crippen molar-refractivity contribution in [3.8, 4) is 6.07 Å². The van der Waals surface area contributed by atoms with Gasteiger partial charge < -0.3 is 5.73 Å². The molecule has 2 nitrogen and oxygen atoms in total. The summed E-state index contributed by atoms with van der Waals surface area (Å²) in [5.41, 5.74) is 6.00. The van der Waals surface area contributed by atoms with E-state index in [9.17, 15) is 4.39 Å². The van der Waals surface area contributed by atoms with Crippen molar-refractivity contribution in [2.75, 3.05) is 0 Å². The fraction of sp³-hybridized carbons (Fsp3) is 0.300. The Morgan fingerprint density at radius 1 is 1.57 bits per heavy atom. The van der Waals surface area contributed by atoms with Crippen molar-refractivity contribution >= 4 is 15.9 Å². The summed E-state index contributed by atoms with van der Waals surface area (Å²) < 4.78 is 14.0. The van der Waals surface area contributed by atoms with Gasteiger partial charge in [0.25, 0.3) is 0 Å². The molecule has 1 unspecified atom stereocenters. The maximum atomic E-state index is 13.3. The Hall–Kier alpha value is -0.920. The van der Waals surface area contributed by atoms with E-state index < -0.39 is 6.04 Å². The van der Waals surface area contributed by atoms with E-state index in [0.717, 1.165) is 0 Å². The third kappa shape index (κ3) is 3.09. The highest BCUT2D eigenvalue weighted by Crippen LogP contribution is 2.16. The summed E-state index contributed by atoms with van der Waals surface area (Å²) >= 11 is 3.17. The van der Waals surface area contributed by atoms with Crippen molar-refractivity contribution in [1.82, 2.24) is 0 Å². The van der Waals surface area contributed by atoms with Gasteiger partial charge in [-0.3, -0.25) is 0 Å². The first kappa shape index (κ1) is 11.2. The van der Waals surface area contributed by atoms with Crippen molar-refractivity contribution in [3.63, 3.8) is 0 Å². The molecule has 0 aliphatic carbocycles. The predicted octanol–water partition coefficient (Wildman–Crippen LogP) is 2.37. The SMILES string of the molecule is N#CC(N)CCc1ccc(Br)cc1F. The van der Waals surface area contributed by atoms with Gasteiger partial charge in [0.15, 0.2) is 0 Å². The molecule has 0 aliphatic heterocycles. The molecule has 2 N–H and O–H groups in total. The summed E-state index contributed by atoms with van der Waals surface area (Å²) in [5.74, 6) is -0.260. The molecule has 0 fully saturated rings. The van der Waals surface area contributed by atoms with Crippen LogP contribution < -0.4 is 5.73 Å². The molecule has 4 heteroatoms. The number of halogens is 2. The van der Waals surface area contributed by atoms with Gasteiger partial charge in [0.05, 0.1) is 12.1 Å². The van der Waals surface area contributed by atoms with E-state index in [1.54, 1.807) is 12.1 Å². The van der Waals surface area contributed by atoms with Gasteiger partial charge in [-0.1, -0.05) is 22.0 Å². The van der Waals surface area contributed by atoms with Crippen molar-refractivity contribution < 1.29 is 4.39 Å². The summed E-state index contributed by atoms with van der Waals surface area (Å²) in [6, 6.07) is 6.28. The van der Waals surface area contributed by atoms with Crippen molar-refractivity contribution in [2.45, 2.75) is 18.9 Å². The van der Waals surface area contributed by atoms with E-state index in [0.29, 0.717) is 22.9 Å². The first-order chi connectivity index (χ1) is 6.63. The molecular weight excluding hydrogens is 247 g/mol. The summed E-state index contributed by atoms with van der Waals surface area (Å²) in [4.78, 5) is 0. The second-order valence-electron chi connectivity index (χ2n) is 3.01. The minimum atomic E-state index is -0.516. The minimum absolute atomic E-state index is 0.260. The Kier molecular flexibility index (Phi) is 4.05. The fourth-order valence-corrected chi connectivity index (χ4v) is 1.43. The largest absolute Gasteiger partial charge is 0.316 e. The van der Waals surface area contributed by atoms with Crippen LogP contribution in [0.25, 0.3) is 0 Å². The van der Waals surface area contributed by atoms with Crippen LogP contribution in [0.15, 0.2) is 22.7 Å². The number of nitrogens with zero attached hydrogens (tertiary/aromatic N) is 1. The fourth-order valence-electron chi connectivity index (χ4n) is 1.10. The summed E-state index contributed by atoms with van der Waals surface area (Å²) in [6.07, 6.45) is 0.975. The minimum Gasteiger partial charge on any atom is -0.316 e. The highest BCUT2D eigenvalue weighted by Gasteiger charge is 2.05. The van der Waals surface area contributed by atoms with Crippen LogP contribution in [0.1, 0.15) is 12.0 Å². The molecule has 0 saturated heterocycles. The average Bonchev–Trinajstić information content (AvgIpc) is 2.16. The van der Waals surface area contributed by atoms with E-state index in [1.807, 2.05) is 6.07 Å². The van der Waals surface area contributed by atoms with E-state index in [-0.39, 0.29) is 5.82 Å². The second-order valence-corrected chi connectivity index (χ2v) is 3.93. The topological polar surface area (TPSA) is 49.8 Å². The van der Waals surface area contributed by atoms with E-state index >= 15 is 0 Å². The van der Waals surface area contributed by atoms with Crippen LogP contribution in [-0.2, 0) is 6.42 Å². The zero-order valence-corrected chi connectivity index (χ0v) is 9.09. The summed E-state index contributed by atoms with van der Waals surface area (Å²) in [7, 11) is 0. The first-order valence-electron chi connectivity index (χ1n) is 4.22. The highest BCUT2D eigenvalue weighted by atomic mass is 79.9. The van der Waals surface area contributed by atoms with E-state index in [2.05, 4.69) is 15.9 Å². The van der Waals surface area contributed by atoms with Crippen LogP contribution in [0, 0.1) is 17.1 Å². The number of hydrogen-bond acceptors (Lipinski definition) is 2. The number of nitriles is 1. The van der Waals surface area contributed by atoms with Gasteiger partial charge in [0, 0.05) is 4.47 Å². The van der Waals surface area contributed by atoms with E-state index in [4.69, 9.17) is 11.0 Å². The van der Waals surface area contributed by atoms with Crippen LogP contribution in [0.5, 0.6) is 0 Å². The number of hydrogen-bond donors (Lipinski definition) is 1. The Morgan fingerprint density at radius 3 is 2.86 bits per heavy atom. The molecule has 0 spiro atoms. The maximum Gasteiger partial charge on any atom is 0.127 e. The molecule has 1 atom stereocenters. The molecule has 0 heterocycles.